The van der Waals surface area contributed by atoms with Gasteiger partial charge < -0.3 is 20.6 Å². The molecule has 0 bridgehead atoms. The number of amides is 4. The molecule has 318 valence electrons. The number of nitrogens with one attached hydrogen (secondary N) is 3. The Morgan fingerprint density at radius 3 is 2.42 bits per heavy atom. The summed E-state index contributed by atoms with van der Waals surface area (Å²) in [4.78, 5) is 59.8. The average Bonchev–Trinajstić information content (AvgIpc) is 3.86. The standard InChI is InChI=1S/C50H52N6O5S/c57-31-43-39-22-25-55(29-34-20-23-51-24-21-34)48(39)40-28-36(16-17-42(40)53-43)35-7-2-8-37(27-35)52-46(58)11-1-5-32-12-14-33(15-13-32)6-4-26-62-45-10-3-9-38-41(45)30-56(50(38)61)44-18-19-47(59)54-49(44)60/h2-3,7-10,12-17,20-21,23-24,27-28,39,43-44,48,53,57H,1,4-6,11,18-19,22,25-26,29-31H2,(H,52,58)(H,54,59,60)/t39-,43-,44?,48-/m1/s1. The summed E-state index contributed by atoms with van der Waals surface area (Å²) < 4.78 is 0. The topological polar surface area (TPSA) is 144 Å². The molecule has 4 aliphatic heterocycles. The number of rotatable bonds is 15. The zero-order valence-corrected chi connectivity index (χ0v) is 35.5. The van der Waals surface area contributed by atoms with Crippen LogP contribution in [0.1, 0.15) is 82.7 Å². The first-order chi connectivity index (χ1) is 30.3. The molecule has 1 aromatic heterocycles. The molecule has 5 aromatic rings. The quantitative estimate of drug-likeness (QED) is 0.0477. The molecule has 4 atom stereocenters. The van der Waals surface area contributed by atoms with Gasteiger partial charge in [0.25, 0.3) is 5.91 Å². The molecule has 9 rings (SSSR count). The van der Waals surface area contributed by atoms with E-state index in [1.165, 1.54) is 22.3 Å². The molecule has 0 spiro atoms. The zero-order valence-electron chi connectivity index (χ0n) is 34.7. The third-order valence-corrected chi connectivity index (χ3v) is 14.1. The van der Waals surface area contributed by atoms with Crippen molar-refractivity contribution < 1.29 is 24.3 Å². The van der Waals surface area contributed by atoms with Crippen molar-refractivity contribution in [2.75, 3.05) is 29.5 Å². The van der Waals surface area contributed by atoms with Gasteiger partial charge in [0.2, 0.25) is 17.7 Å². The highest BCUT2D eigenvalue weighted by atomic mass is 32.2. The van der Waals surface area contributed by atoms with Crippen LogP contribution in [0.5, 0.6) is 0 Å². The second kappa shape index (κ2) is 18.7. The van der Waals surface area contributed by atoms with E-state index >= 15 is 0 Å². The van der Waals surface area contributed by atoms with Gasteiger partial charge in [-0.15, -0.1) is 11.8 Å². The second-order valence-corrected chi connectivity index (χ2v) is 18.0. The van der Waals surface area contributed by atoms with Crippen molar-refractivity contribution in [2.24, 2.45) is 5.92 Å². The number of carbonyl (C=O) groups excluding carboxylic acids is 4. The number of carbonyl (C=O) groups is 4. The summed E-state index contributed by atoms with van der Waals surface area (Å²) >= 11 is 1.74. The van der Waals surface area contributed by atoms with Gasteiger partial charge in [-0.05, 0) is 138 Å². The third-order valence-electron chi connectivity index (χ3n) is 12.9. The number of likely N-dealkylation sites (tertiary alicyclic amines) is 1. The zero-order chi connectivity index (χ0) is 42.6. The first-order valence-electron chi connectivity index (χ1n) is 21.8. The molecule has 0 aliphatic carbocycles. The van der Waals surface area contributed by atoms with Crippen molar-refractivity contribution in [1.82, 2.24) is 20.1 Å². The van der Waals surface area contributed by atoms with E-state index in [0.717, 1.165) is 83.9 Å². The van der Waals surface area contributed by atoms with Crippen molar-refractivity contribution >= 4 is 46.8 Å². The van der Waals surface area contributed by atoms with Gasteiger partial charge in [0, 0.05) is 72.1 Å². The lowest BCUT2D eigenvalue weighted by molar-refractivity contribution is -0.137. The number of aliphatic hydroxyl groups is 1. The molecule has 4 N–H and O–H groups in total. The SMILES string of the molecule is O=C1CCC(N2Cc3c(SCCCc4ccc(CCCC(=O)Nc5cccc(-c6ccc7c(c6)[C@H]6[C@H](CCN6Cc6ccncc6)[C@@H](CO)N7)c5)cc4)cccc3C2=O)C(=O)N1. The third kappa shape index (κ3) is 9.04. The molecule has 11 nitrogen and oxygen atoms in total. The van der Waals surface area contributed by atoms with Crippen molar-refractivity contribution in [1.29, 1.82) is 0 Å². The van der Waals surface area contributed by atoms with Crippen LogP contribution in [0.4, 0.5) is 11.4 Å². The summed E-state index contributed by atoms with van der Waals surface area (Å²) in [6, 6.07) is 32.8. The number of imide groups is 1. The highest BCUT2D eigenvalue weighted by Gasteiger charge is 2.44. The monoisotopic (exact) mass is 848 g/mol. The summed E-state index contributed by atoms with van der Waals surface area (Å²) in [5, 5.41) is 19.4. The van der Waals surface area contributed by atoms with E-state index in [4.69, 9.17) is 0 Å². The van der Waals surface area contributed by atoms with E-state index in [0.29, 0.717) is 30.9 Å². The van der Waals surface area contributed by atoms with Crippen LogP contribution in [0.25, 0.3) is 11.1 Å². The molecule has 12 heteroatoms. The number of aliphatic hydroxyl groups excluding tert-OH is 1. The first-order valence-corrected chi connectivity index (χ1v) is 22.8. The number of aromatic nitrogens is 1. The number of piperidine rings is 1. The lowest BCUT2D eigenvalue weighted by Gasteiger charge is -2.39. The van der Waals surface area contributed by atoms with Crippen LogP contribution in [0.15, 0.2) is 114 Å². The molecule has 4 amide bonds. The maximum Gasteiger partial charge on any atom is 0.255 e. The van der Waals surface area contributed by atoms with Gasteiger partial charge in [0.15, 0.2) is 0 Å². The minimum atomic E-state index is -0.612. The Morgan fingerprint density at radius 1 is 0.855 bits per heavy atom. The molecule has 4 aromatic carbocycles. The number of benzene rings is 4. The number of fused-ring (bicyclic) bond motifs is 4. The number of hydrogen-bond acceptors (Lipinski definition) is 9. The van der Waals surface area contributed by atoms with Crippen LogP contribution in [-0.2, 0) is 40.3 Å². The lowest BCUT2D eigenvalue weighted by atomic mass is 9.82. The molecule has 2 saturated heterocycles. The Bertz CT molecular complexity index is 2460. The predicted octanol–water partition coefficient (Wildman–Crippen LogP) is 7.55. The molecular formula is C50H52N6O5S. The summed E-state index contributed by atoms with van der Waals surface area (Å²) in [5.41, 5.74) is 10.6. The van der Waals surface area contributed by atoms with Crippen LogP contribution in [0.3, 0.4) is 0 Å². The van der Waals surface area contributed by atoms with Gasteiger partial charge >= 0.3 is 0 Å². The minimum absolute atomic E-state index is 0.00128. The molecule has 5 heterocycles. The maximum atomic E-state index is 13.2. The Balaban J connectivity index is 0.740. The Morgan fingerprint density at radius 2 is 1.63 bits per heavy atom. The Kier molecular flexibility index (Phi) is 12.5. The van der Waals surface area contributed by atoms with Gasteiger partial charge in [-0.2, -0.15) is 0 Å². The van der Waals surface area contributed by atoms with E-state index in [1.807, 2.05) is 42.7 Å². The Labute approximate surface area is 366 Å². The molecule has 62 heavy (non-hydrogen) atoms. The number of nitrogens with zero attached hydrogens (tertiary/aromatic N) is 3. The van der Waals surface area contributed by atoms with Crippen LogP contribution >= 0.6 is 11.8 Å². The molecule has 1 unspecified atom stereocenters. The molecule has 4 aliphatic rings. The molecule has 2 fully saturated rings. The second-order valence-electron chi connectivity index (χ2n) is 16.9. The minimum Gasteiger partial charge on any atom is -0.394 e. The van der Waals surface area contributed by atoms with Crippen LogP contribution in [0.2, 0.25) is 0 Å². The fourth-order valence-electron chi connectivity index (χ4n) is 9.71. The van der Waals surface area contributed by atoms with E-state index in [2.05, 4.69) is 92.6 Å². The largest absolute Gasteiger partial charge is 0.394 e. The van der Waals surface area contributed by atoms with Crippen molar-refractivity contribution in [3.05, 3.63) is 143 Å². The normalized spacial score (nSPS) is 20.6. The van der Waals surface area contributed by atoms with Crippen molar-refractivity contribution in [3.63, 3.8) is 0 Å². The van der Waals surface area contributed by atoms with Crippen LogP contribution < -0.4 is 16.0 Å². The van der Waals surface area contributed by atoms with E-state index in [9.17, 15) is 24.3 Å². The number of pyridine rings is 1. The van der Waals surface area contributed by atoms with Crippen LogP contribution in [-0.4, -0.2) is 74.5 Å². The molecule has 0 radical (unpaired) electrons. The van der Waals surface area contributed by atoms with E-state index < -0.39 is 11.9 Å². The predicted molar refractivity (Wildman–Crippen MR) is 241 cm³/mol. The first kappa shape index (κ1) is 41.5. The van der Waals surface area contributed by atoms with Gasteiger partial charge in [0.1, 0.15) is 6.04 Å². The summed E-state index contributed by atoms with van der Waals surface area (Å²) in [7, 11) is 0. The summed E-state index contributed by atoms with van der Waals surface area (Å²) in [6.45, 7) is 2.29. The van der Waals surface area contributed by atoms with Gasteiger partial charge in [0.05, 0.1) is 12.6 Å². The number of thioether (sulfide) groups is 1. The summed E-state index contributed by atoms with van der Waals surface area (Å²) in [6.07, 6.45) is 9.21. The highest BCUT2D eigenvalue weighted by molar-refractivity contribution is 7.99. The van der Waals surface area contributed by atoms with Crippen molar-refractivity contribution in [3.8, 4) is 11.1 Å². The smallest absolute Gasteiger partial charge is 0.255 e. The highest BCUT2D eigenvalue weighted by Crippen LogP contribution is 2.48. The van der Waals surface area contributed by atoms with Crippen LogP contribution in [0, 0.1) is 5.92 Å². The van der Waals surface area contributed by atoms with Gasteiger partial charge in [-0.1, -0.05) is 48.5 Å². The van der Waals surface area contributed by atoms with E-state index in [1.54, 1.807) is 16.7 Å². The number of hydrogen-bond donors (Lipinski definition) is 4. The average molecular weight is 849 g/mol. The van der Waals surface area contributed by atoms with Gasteiger partial charge in [-0.3, -0.25) is 34.4 Å². The number of anilines is 2. The molecular weight excluding hydrogens is 797 g/mol. The summed E-state index contributed by atoms with van der Waals surface area (Å²) in [5.74, 6) is 0.384. The number of aryl methyl sites for hydroxylation is 2. The molecule has 0 saturated carbocycles. The van der Waals surface area contributed by atoms with Gasteiger partial charge in [-0.25, -0.2) is 0 Å². The van der Waals surface area contributed by atoms with E-state index in [-0.39, 0.29) is 42.8 Å². The fourth-order valence-corrected chi connectivity index (χ4v) is 10.7. The fraction of sp³-hybridized carbons (Fsp3) is 0.340. The van der Waals surface area contributed by atoms with Crippen molar-refractivity contribution in [2.45, 2.75) is 87.5 Å². The lowest BCUT2D eigenvalue weighted by Crippen LogP contribution is -2.52. The Hall–Kier alpha value is -5.82. The maximum absolute atomic E-state index is 13.2.